The van der Waals surface area contributed by atoms with Gasteiger partial charge in [-0.25, -0.2) is 8.42 Å². The standard InChI is InChI=1S/C14H14ClNO2S2/c1-9-7-13(16)12(15)8-14(9)19-10-3-5-11(6-4-10)20(2,17)18/h3-8H,16H2,1-2H3. The van der Waals surface area contributed by atoms with Crippen LogP contribution in [-0.2, 0) is 9.84 Å². The van der Waals surface area contributed by atoms with E-state index >= 15 is 0 Å². The van der Waals surface area contributed by atoms with Gasteiger partial charge >= 0.3 is 0 Å². The van der Waals surface area contributed by atoms with Crippen molar-refractivity contribution in [1.29, 1.82) is 0 Å². The van der Waals surface area contributed by atoms with Gasteiger partial charge in [0.05, 0.1) is 15.6 Å². The Morgan fingerprint density at radius 3 is 2.30 bits per heavy atom. The predicted molar refractivity (Wildman–Crippen MR) is 84.3 cm³/mol. The second kappa shape index (κ2) is 5.68. The molecule has 0 aromatic heterocycles. The molecule has 0 saturated carbocycles. The van der Waals surface area contributed by atoms with E-state index in [1.165, 1.54) is 18.0 Å². The van der Waals surface area contributed by atoms with Crippen LogP contribution in [-0.4, -0.2) is 14.7 Å². The molecule has 0 saturated heterocycles. The Balaban J connectivity index is 2.29. The minimum Gasteiger partial charge on any atom is -0.398 e. The summed E-state index contributed by atoms with van der Waals surface area (Å²) in [5, 5.41) is 0.519. The number of aryl methyl sites for hydroxylation is 1. The molecule has 0 radical (unpaired) electrons. The quantitative estimate of drug-likeness (QED) is 0.871. The Labute approximate surface area is 128 Å². The first-order valence-electron chi connectivity index (χ1n) is 5.81. The highest BCUT2D eigenvalue weighted by Gasteiger charge is 2.08. The molecule has 0 unspecified atom stereocenters. The Morgan fingerprint density at radius 2 is 1.75 bits per heavy atom. The molecule has 0 bridgehead atoms. The van der Waals surface area contributed by atoms with Crippen LogP contribution in [0.2, 0.25) is 5.02 Å². The van der Waals surface area contributed by atoms with E-state index in [-0.39, 0.29) is 0 Å². The summed E-state index contributed by atoms with van der Waals surface area (Å²) in [5.41, 5.74) is 7.33. The van der Waals surface area contributed by atoms with Crippen LogP contribution in [0, 0.1) is 6.92 Å². The van der Waals surface area contributed by atoms with Crippen molar-refractivity contribution in [2.75, 3.05) is 12.0 Å². The second-order valence-electron chi connectivity index (χ2n) is 4.48. The average Bonchev–Trinajstić information content (AvgIpc) is 2.35. The molecule has 6 heteroatoms. The lowest BCUT2D eigenvalue weighted by Gasteiger charge is -2.08. The van der Waals surface area contributed by atoms with Crippen molar-refractivity contribution in [2.24, 2.45) is 0 Å². The maximum absolute atomic E-state index is 11.4. The molecule has 20 heavy (non-hydrogen) atoms. The monoisotopic (exact) mass is 327 g/mol. The lowest BCUT2D eigenvalue weighted by atomic mass is 10.2. The molecule has 0 spiro atoms. The first kappa shape index (κ1) is 15.2. The lowest BCUT2D eigenvalue weighted by Crippen LogP contribution is -1.96. The smallest absolute Gasteiger partial charge is 0.175 e. The first-order valence-corrected chi connectivity index (χ1v) is 8.89. The summed E-state index contributed by atoms with van der Waals surface area (Å²) >= 11 is 7.54. The Kier molecular flexibility index (Phi) is 4.32. The van der Waals surface area contributed by atoms with Crippen molar-refractivity contribution in [2.45, 2.75) is 21.6 Å². The number of benzene rings is 2. The van der Waals surface area contributed by atoms with Crippen LogP contribution in [0.15, 0.2) is 51.1 Å². The number of anilines is 1. The molecule has 0 amide bonds. The molecule has 0 fully saturated rings. The van der Waals surface area contributed by atoms with Gasteiger partial charge in [0.25, 0.3) is 0 Å². The van der Waals surface area contributed by atoms with Crippen LogP contribution in [0.3, 0.4) is 0 Å². The zero-order valence-electron chi connectivity index (χ0n) is 11.1. The second-order valence-corrected chi connectivity index (χ2v) is 8.02. The molecular formula is C14H14ClNO2S2. The molecule has 0 aliphatic rings. The largest absolute Gasteiger partial charge is 0.398 e. The van der Waals surface area contributed by atoms with Crippen molar-refractivity contribution < 1.29 is 8.42 Å². The van der Waals surface area contributed by atoms with E-state index in [9.17, 15) is 8.42 Å². The molecular weight excluding hydrogens is 314 g/mol. The topological polar surface area (TPSA) is 60.2 Å². The molecule has 0 heterocycles. The normalized spacial score (nSPS) is 11.6. The van der Waals surface area contributed by atoms with E-state index in [1.54, 1.807) is 24.3 Å². The van der Waals surface area contributed by atoms with Crippen molar-refractivity contribution in [1.82, 2.24) is 0 Å². The Morgan fingerprint density at radius 1 is 1.15 bits per heavy atom. The van der Waals surface area contributed by atoms with Crippen LogP contribution in [0.1, 0.15) is 5.56 Å². The fraction of sp³-hybridized carbons (Fsp3) is 0.143. The van der Waals surface area contributed by atoms with Crippen molar-refractivity contribution >= 4 is 38.9 Å². The van der Waals surface area contributed by atoms with Gasteiger partial charge in [-0.2, -0.15) is 0 Å². The van der Waals surface area contributed by atoms with E-state index in [1.807, 2.05) is 19.1 Å². The third-order valence-electron chi connectivity index (χ3n) is 2.77. The lowest BCUT2D eigenvalue weighted by molar-refractivity contribution is 0.602. The Bertz CT molecular complexity index is 741. The highest BCUT2D eigenvalue weighted by molar-refractivity contribution is 7.99. The summed E-state index contributed by atoms with van der Waals surface area (Å²) in [6.07, 6.45) is 1.19. The van der Waals surface area contributed by atoms with Crippen LogP contribution < -0.4 is 5.73 Å². The SMILES string of the molecule is Cc1cc(N)c(Cl)cc1Sc1ccc(S(C)(=O)=O)cc1. The number of sulfone groups is 1. The summed E-state index contributed by atoms with van der Waals surface area (Å²) in [5.74, 6) is 0. The minimum absolute atomic E-state index is 0.314. The van der Waals surface area contributed by atoms with Gasteiger partial charge in [0.1, 0.15) is 0 Å². The van der Waals surface area contributed by atoms with E-state index in [0.29, 0.717) is 15.6 Å². The average molecular weight is 328 g/mol. The summed E-state index contributed by atoms with van der Waals surface area (Å²) in [7, 11) is -3.16. The summed E-state index contributed by atoms with van der Waals surface area (Å²) in [6, 6.07) is 10.4. The summed E-state index contributed by atoms with van der Waals surface area (Å²) < 4.78 is 22.8. The number of hydrogen-bond donors (Lipinski definition) is 1. The Hall–Kier alpha value is -1.17. The minimum atomic E-state index is -3.16. The van der Waals surface area contributed by atoms with Crippen molar-refractivity contribution in [3.05, 3.63) is 47.0 Å². The number of rotatable bonds is 3. The van der Waals surface area contributed by atoms with Crippen molar-refractivity contribution in [3.63, 3.8) is 0 Å². The number of nitrogens with two attached hydrogens (primary N) is 1. The molecule has 3 nitrogen and oxygen atoms in total. The summed E-state index contributed by atoms with van der Waals surface area (Å²) in [6.45, 7) is 1.96. The molecule has 0 aliphatic carbocycles. The molecule has 2 aromatic carbocycles. The van der Waals surface area contributed by atoms with Gasteiger partial charge in [0.15, 0.2) is 9.84 Å². The number of halogens is 1. The van der Waals surface area contributed by atoms with Gasteiger partial charge in [0.2, 0.25) is 0 Å². The van der Waals surface area contributed by atoms with E-state index in [4.69, 9.17) is 17.3 Å². The molecule has 106 valence electrons. The fourth-order valence-corrected chi connectivity index (χ4v) is 3.46. The van der Waals surface area contributed by atoms with E-state index in [2.05, 4.69) is 0 Å². The predicted octanol–water partition coefficient (Wildman–Crippen LogP) is 3.79. The maximum Gasteiger partial charge on any atom is 0.175 e. The zero-order valence-corrected chi connectivity index (χ0v) is 13.4. The molecule has 2 N–H and O–H groups in total. The molecule has 0 atom stereocenters. The fourth-order valence-electron chi connectivity index (χ4n) is 1.68. The first-order chi connectivity index (χ1) is 9.27. The van der Waals surface area contributed by atoms with Gasteiger partial charge in [-0.3, -0.25) is 0 Å². The third kappa shape index (κ3) is 3.48. The van der Waals surface area contributed by atoms with Gasteiger partial charge < -0.3 is 5.73 Å². The van der Waals surface area contributed by atoms with Gasteiger partial charge in [-0.05, 0) is 48.9 Å². The van der Waals surface area contributed by atoms with Crippen LogP contribution in [0.4, 0.5) is 5.69 Å². The maximum atomic E-state index is 11.4. The van der Waals surface area contributed by atoms with E-state index in [0.717, 1.165) is 15.4 Å². The zero-order chi connectivity index (χ0) is 14.9. The van der Waals surface area contributed by atoms with E-state index < -0.39 is 9.84 Å². The molecule has 0 aliphatic heterocycles. The van der Waals surface area contributed by atoms with Gasteiger partial charge in [0, 0.05) is 16.0 Å². The highest BCUT2D eigenvalue weighted by atomic mass is 35.5. The van der Waals surface area contributed by atoms with Crippen molar-refractivity contribution in [3.8, 4) is 0 Å². The van der Waals surface area contributed by atoms with Crippen LogP contribution in [0.5, 0.6) is 0 Å². The molecule has 2 rings (SSSR count). The molecule has 2 aromatic rings. The van der Waals surface area contributed by atoms with Gasteiger partial charge in [-0.15, -0.1) is 0 Å². The van der Waals surface area contributed by atoms with Crippen LogP contribution >= 0.6 is 23.4 Å². The van der Waals surface area contributed by atoms with Crippen LogP contribution in [0.25, 0.3) is 0 Å². The number of nitrogen functional groups attached to an aromatic ring is 1. The highest BCUT2D eigenvalue weighted by Crippen LogP contribution is 2.34. The van der Waals surface area contributed by atoms with Gasteiger partial charge in [-0.1, -0.05) is 23.4 Å². The third-order valence-corrected chi connectivity index (χ3v) is 5.40. The summed E-state index contributed by atoms with van der Waals surface area (Å²) in [4.78, 5) is 2.26. The number of hydrogen-bond acceptors (Lipinski definition) is 4.